The van der Waals surface area contributed by atoms with Crippen molar-refractivity contribution in [1.82, 2.24) is 0 Å². The van der Waals surface area contributed by atoms with E-state index in [1.807, 2.05) is 13.8 Å². The van der Waals surface area contributed by atoms with Gasteiger partial charge in [-0.1, -0.05) is 0 Å². The minimum absolute atomic E-state index is 0.0125. The van der Waals surface area contributed by atoms with Gasteiger partial charge in [0, 0.05) is 12.8 Å². The second-order valence-electron chi connectivity index (χ2n) is 5.94. The van der Waals surface area contributed by atoms with Crippen LogP contribution in [0.5, 0.6) is 0 Å². The van der Waals surface area contributed by atoms with E-state index in [1.165, 1.54) is 14.2 Å². The van der Waals surface area contributed by atoms with Crippen molar-refractivity contribution in [1.29, 1.82) is 0 Å². The van der Waals surface area contributed by atoms with Gasteiger partial charge in [0.15, 0.2) is 11.7 Å². The Labute approximate surface area is 125 Å². The highest BCUT2D eigenvalue weighted by molar-refractivity contribution is 5.95. The zero-order valence-corrected chi connectivity index (χ0v) is 13.1. The molecule has 1 aliphatic carbocycles. The molecule has 6 nitrogen and oxygen atoms in total. The van der Waals surface area contributed by atoms with E-state index in [9.17, 15) is 9.59 Å². The summed E-state index contributed by atoms with van der Waals surface area (Å²) in [5.74, 6) is -2.88. The molecule has 0 aromatic rings. The van der Waals surface area contributed by atoms with Crippen molar-refractivity contribution >= 4 is 11.9 Å². The fourth-order valence-electron chi connectivity index (χ4n) is 3.37. The second kappa shape index (κ2) is 6.32. The lowest BCUT2D eigenvalue weighted by Gasteiger charge is -2.38. The van der Waals surface area contributed by atoms with E-state index in [0.29, 0.717) is 6.42 Å². The van der Waals surface area contributed by atoms with Gasteiger partial charge in [-0.3, -0.25) is 9.59 Å². The Morgan fingerprint density at radius 2 is 1.62 bits per heavy atom. The quantitative estimate of drug-likeness (QED) is 0.583. The van der Waals surface area contributed by atoms with Crippen molar-refractivity contribution in [3.63, 3.8) is 0 Å². The molecule has 0 bridgehead atoms. The summed E-state index contributed by atoms with van der Waals surface area (Å²) in [4.78, 5) is 23.9. The highest BCUT2D eigenvalue weighted by Gasteiger charge is 2.50. The van der Waals surface area contributed by atoms with Gasteiger partial charge in [0.2, 0.25) is 0 Å². The lowest BCUT2D eigenvalue weighted by Crippen LogP contribution is -2.43. The van der Waals surface area contributed by atoms with E-state index in [1.54, 1.807) is 0 Å². The molecule has 0 unspecified atom stereocenters. The molecule has 1 spiro atoms. The molecule has 1 aliphatic heterocycles. The smallest absolute Gasteiger partial charge is 0.320 e. The summed E-state index contributed by atoms with van der Waals surface area (Å²) in [6.45, 7) is 3.95. The summed E-state index contributed by atoms with van der Waals surface area (Å²) < 4.78 is 21.5. The standard InChI is InChI=1S/C15H24O6/c1-9-10(2)21-15(20-9)7-5-6-11(8-15)12(13(16)18-3)14(17)19-4/h9-12H,5-8H2,1-4H3/t9-,10-,11-/m1/s1. The van der Waals surface area contributed by atoms with Crippen LogP contribution in [0.3, 0.4) is 0 Å². The molecule has 2 aliphatic rings. The molecule has 3 atom stereocenters. The van der Waals surface area contributed by atoms with Crippen LogP contribution >= 0.6 is 0 Å². The van der Waals surface area contributed by atoms with Gasteiger partial charge < -0.3 is 18.9 Å². The van der Waals surface area contributed by atoms with Crippen molar-refractivity contribution in [3.8, 4) is 0 Å². The van der Waals surface area contributed by atoms with Crippen molar-refractivity contribution in [2.75, 3.05) is 14.2 Å². The fourth-order valence-corrected chi connectivity index (χ4v) is 3.37. The first-order chi connectivity index (χ1) is 9.92. The summed E-state index contributed by atoms with van der Waals surface area (Å²) in [5.41, 5.74) is 0. The van der Waals surface area contributed by atoms with E-state index in [0.717, 1.165) is 19.3 Å². The third-order valence-electron chi connectivity index (χ3n) is 4.55. The molecule has 1 saturated carbocycles. The lowest BCUT2D eigenvalue weighted by atomic mass is 9.77. The maximum atomic E-state index is 11.9. The van der Waals surface area contributed by atoms with Crippen LogP contribution in [0.1, 0.15) is 39.5 Å². The van der Waals surface area contributed by atoms with Crippen LogP contribution in [0.15, 0.2) is 0 Å². The zero-order chi connectivity index (χ0) is 15.6. The van der Waals surface area contributed by atoms with Gasteiger partial charge in [0.1, 0.15) is 0 Å². The third-order valence-corrected chi connectivity index (χ3v) is 4.55. The minimum atomic E-state index is -0.907. The first kappa shape index (κ1) is 16.2. The van der Waals surface area contributed by atoms with Crippen molar-refractivity contribution in [3.05, 3.63) is 0 Å². The van der Waals surface area contributed by atoms with Crippen LogP contribution < -0.4 is 0 Å². The summed E-state index contributed by atoms with van der Waals surface area (Å²) in [7, 11) is 2.56. The van der Waals surface area contributed by atoms with Crippen molar-refractivity contribution in [2.24, 2.45) is 11.8 Å². The van der Waals surface area contributed by atoms with Crippen LogP contribution in [0, 0.1) is 11.8 Å². The highest BCUT2D eigenvalue weighted by atomic mass is 16.8. The first-order valence-electron chi connectivity index (χ1n) is 7.43. The maximum absolute atomic E-state index is 11.9. The second-order valence-corrected chi connectivity index (χ2v) is 5.94. The molecule has 21 heavy (non-hydrogen) atoms. The summed E-state index contributed by atoms with van der Waals surface area (Å²) in [5, 5.41) is 0. The molecule has 0 aromatic carbocycles. The molecule has 6 heteroatoms. The fraction of sp³-hybridized carbons (Fsp3) is 0.867. The Kier molecular flexibility index (Phi) is 4.88. The van der Waals surface area contributed by atoms with Crippen LogP contribution in [0.4, 0.5) is 0 Å². The number of esters is 2. The Bertz CT molecular complexity index is 381. The van der Waals surface area contributed by atoms with Gasteiger partial charge in [-0.05, 0) is 32.6 Å². The first-order valence-corrected chi connectivity index (χ1v) is 7.43. The van der Waals surface area contributed by atoms with E-state index in [4.69, 9.17) is 18.9 Å². The van der Waals surface area contributed by atoms with E-state index in [2.05, 4.69) is 0 Å². The zero-order valence-electron chi connectivity index (χ0n) is 13.1. The Hall–Kier alpha value is -1.14. The molecular weight excluding hydrogens is 276 g/mol. The number of hydrogen-bond acceptors (Lipinski definition) is 6. The van der Waals surface area contributed by atoms with E-state index in [-0.39, 0.29) is 18.1 Å². The SMILES string of the molecule is COC(=O)C(C(=O)OC)[C@@H]1CCCC2(C1)O[C@H](C)[C@@H](C)O2. The molecule has 0 amide bonds. The molecule has 2 fully saturated rings. The molecule has 0 aromatic heterocycles. The predicted octanol–water partition coefficient (Wildman–Crippen LogP) is 1.66. The van der Waals surface area contributed by atoms with Gasteiger partial charge >= 0.3 is 11.9 Å². The Morgan fingerprint density at radius 3 is 2.10 bits per heavy atom. The van der Waals surface area contributed by atoms with Crippen molar-refractivity contribution in [2.45, 2.75) is 57.5 Å². The predicted molar refractivity (Wildman–Crippen MR) is 73.3 cm³/mol. The van der Waals surface area contributed by atoms with E-state index < -0.39 is 23.6 Å². The van der Waals surface area contributed by atoms with Gasteiger partial charge in [-0.2, -0.15) is 0 Å². The van der Waals surface area contributed by atoms with Gasteiger partial charge in [-0.25, -0.2) is 0 Å². The van der Waals surface area contributed by atoms with Crippen LogP contribution in [0.2, 0.25) is 0 Å². The van der Waals surface area contributed by atoms with Gasteiger partial charge in [0.05, 0.1) is 26.4 Å². The van der Waals surface area contributed by atoms with Crippen molar-refractivity contribution < 1.29 is 28.5 Å². The molecule has 2 rings (SSSR count). The summed E-state index contributed by atoms with van der Waals surface area (Å²) >= 11 is 0. The van der Waals surface area contributed by atoms with Crippen LogP contribution in [0.25, 0.3) is 0 Å². The average Bonchev–Trinajstić information content (AvgIpc) is 2.72. The molecule has 0 radical (unpaired) electrons. The summed E-state index contributed by atoms with van der Waals surface area (Å²) in [6, 6.07) is 0. The molecule has 1 heterocycles. The van der Waals surface area contributed by atoms with Gasteiger partial charge in [-0.15, -0.1) is 0 Å². The Balaban J connectivity index is 2.15. The third kappa shape index (κ3) is 3.21. The van der Waals surface area contributed by atoms with E-state index >= 15 is 0 Å². The minimum Gasteiger partial charge on any atom is -0.468 e. The maximum Gasteiger partial charge on any atom is 0.320 e. The summed E-state index contributed by atoms with van der Waals surface area (Å²) in [6.07, 6.45) is 2.92. The number of hydrogen-bond donors (Lipinski definition) is 0. The molecular formula is C15H24O6. The van der Waals surface area contributed by atoms with Gasteiger partial charge in [0.25, 0.3) is 0 Å². The number of methoxy groups -OCH3 is 2. The Morgan fingerprint density at radius 1 is 1.10 bits per heavy atom. The lowest BCUT2D eigenvalue weighted by molar-refractivity contribution is -0.207. The normalized spacial score (nSPS) is 31.4. The number of carbonyl (C=O) groups excluding carboxylic acids is 2. The largest absolute Gasteiger partial charge is 0.468 e. The number of rotatable bonds is 3. The molecule has 120 valence electrons. The molecule has 1 saturated heterocycles. The monoisotopic (exact) mass is 300 g/mol. The average molecular weight is 300 g/mol. The highest BCUT2D eigenvalue weighted by Crippen LogP contribution is 2.45. The van der Waals surface area contributed by atoms with Crippen LogP contribution in [-0.2, 0) is 28.5 Å². The topological polar surface area (TPSA) is 71.1 Å². The number of carbonyl (C=O) groups is 2. The number of ether oxygens (including phenoxy) is 4. The van der Waals surface area contributed by atoms with Crippen LogP contribution in [-0.4, -0.2) is 44.2 Å². The molecule has 0 N–H and O–H groups in total.